The molecule has 294 valence electrons. The van der Waals surface area contributed by atoms with E-state index >= 15 is 0 Å². The first-order valence-corrected chi connectivity index (χ1v) is 21.1. The quantitative estimate of drug-likeness (QED) is 0.150. The molecule has 6 heteroatoms. The van der Waals surface area contributed by atoms with Crippen molar-refractivity contribution >= 4 is 38.1 Å². The van der Waals surface area contributed by atoms with E-state index in [9.17, 15) is 0 Å². The lowest BCUT2D eigenvalue weighted by molar-refractivity contribution is 1.08. The Kier molecular flexibility index (Phi) is 8.71. The van der Waals surface area contributed by atoms with Crippen LogP contribution in [0.25, 0.3) is 117 Å². The fraction of sp³-hybridized carbons (Fsp3) is 0. The minimum absolute atomic E-state index is 0.614. The van der Waals surface area contributed by atoms with Gasteiger partial charge in [-0.15, -0.1) is 0 Å². The number of hydrogen-bond acceptors (Lipinski definition) is 5. The highest BCUT2D eigenvalue weighted by Gasteiger charge is 2.24. The second kappa shape index (κ2) is 15.1. The Morgan fingerprint density at radius 3 is 1.29 bits per heavy atom. The Bertz CT molecular complexity index is 3530. The summed E-state index contributed by atoms with van der Waals surface area (Å²) in [6, 6.07) is 75.7. The highest BCUT2D eigenvalue weighted by Crippen LogP contribution is 2.44. The predicted molar refractivity (Wildman–Crippen MR) is 257 cm³/mol. The third-order valence-corrected chi connectivity index (χ3v) is 11.8. The molecule has 6 nitrogen and oxygen atoms in total. The van der Waals surface area contributed by atoms with Crippen molar-refractivity contribution in [2.24, 2.45) is 0 Å². The van der Waals surface area contributed by atoms with Crippen LogP contribution in [0.1, 0.15) is 0 Å². The maximum absolute atomic E-state index is 5.31. The first-order valence-electron chi connectivity index (χ1n) is 21.1. The number of aromatic nitrogens is 6. The van der Waals surface area contributed by atoms with E-state index in [0.29, 0.717) is 23.3 Å². The molecule has 0 aliphatic heterocycles. The largest absolute Gasteiger partial charge is 0.308 e. The van der Waals surface area contributed by atoms with Gasteiger partial charge in [0.1, 0.15) is 0 Å². The van der Waals surface area contributed by atoms with Crippen LogP contribution < -0.4 is 0 Å². The number of pyridine rings is 1. The second-order valence-corrected chi connectivity index (χ2v) is 15.7. The number of nitrogens with zero attached hydrogens (tertiary/aromatic N) is 6. The maximum Gasteiger partial charge on any atom is 0.166 e. The Labute approximate surface area is 363 Å². The van der Waals surface area contributed by atoms with Gasteiger partial charge >= 0.3 is 0 Å². The van der Waals surface area contributed by atoms with Crippen molar-refractivity contribution in [1.29, 1.82) is 0 Å². The van der Waals surface area contributed by atoms with Crippen LogP contribution in [0.3, 0.4) is 0 Å². The van der Waals surface area contributed by atoms with Gasteiger partial charge in [0, 0.05) is 44.0 Å². The average molecular weight is 805 g/mol. The molecule has 4 aromatic heterocycles. The van der Waals surface area contributed by atoms with Crippen LogP contribution in [0.4, 0.5) is 0 Å². The first-order chi connectivity index (χ1) is 31.2. The van der Waals surface area contributed by atoms with Gasteiger partial charge in [0.05, 0.1) is 33.5 Å². The molecule has 0 aliphatic carbocycles. The van der Waals surface area contributed by atoms with Crippen LogP contribution in [0.2, 0.25) is 0 Å². The molecule has 0 spiro atoms. The SMILES string of the molecule is c1ccc(-c2ccc3c(-c4nc(-c5ccccc5)nc(-c5ccccc5)n4)c4c5ccccc5c5cc(-c6nc(-c7ccccc7)cc(-c7ccccc7)n6)ccc5n4c3c2)cc1. The van der Waals surface area contributed by atoms with Crippen LogP contribution in [0.15, 0.2) is 218 Å². The molecule has 0 amide bonds. The average Bonchev–Trinajstić information content (AvgIpc) is 3.72. The standard InChI is InChI=1S/C57H36N6/c1-6-18-37(19-7-1)42-30-32-46-51(35-42)63-50-33-31-43(56-58-48(38-20-8-2-9-21-38)36-49(59-56)39-22-10-3-11-23-39)34-47(50)44-28-16-17-29-45(44)53(63)52(46)57-61-54(40-24-12-4-13-25-40)60-55(62-57)41-26-14-5-15-27-41/h1-36H. The van der Waals surface area contributed by atoms with E-state index in [1.807, 2.05) is 72.8 Å². The van der Waals surface area contributed by atoms with E-state index < -0.39 is 0 Å². The Morgan fingerprint density at radius 1 is 0.254 bits per heavy atom. The van der Waals surface area contributed by atoms with E-state index in [1.165, 1.54) is 0 Å². The number of fused-ring (bicyclic) bond motifs is 8. The van der Waals surface area contributed by atoms with Crippen molar-refractivity contribution in [2.75, 3.05) is 0 Å². The van der Waals surface area contributed by atoms with Crippen LogP contribution in [0, 0.1) is 0 Å². The Balaban J connectivity index is 1.17. The fourth-order valence-electron chi connectivity index (χ4n) is 8.85. The minimum atomic E-state index is 0.614. The van der Waals surface area contributed by atoms with E-state index in [2.05, 4.69) is 150 Å². The first kappa shape index (κ1) is 36.3. The molecule has 0 radical (unpaired) electrons. The van der Waals surface area contributed by atoms with Crippen molar-refractivity contribution in [1.82, 2.24) is 29.3 Å². The monoisotopic (exact) mass is 804 g/mol. The summed E-state index contributed by atoms with van der Waals surface area (Å²) in [6.07, 6.45) is 0. The molecule has 0 unspecified atom stereocenters. The van der Waals surface area contributed by atoms with Gasteiger partial charge in [-0.2, -0.15) is 0 Å². The zero-order valence-electron chi connectivity index (χ0n) is 34.0. The lowest BCUT2D eigenvalue weighted by Gasteiger charge is -2.14. The molecule has 63 heavy (non-hydrogen) atoms. The third kappa shape index (κ3) is 6.40. The summed E-state index contributed by atoms with van der Waals surface area (Å²) in [5.41, 5.74) is 13.0. The van der Waals surface area contributed by atoms with Gasteiger partial charge in [-0.1, -0.05) is 188 Å². The van der Waals surface area contributed by atoms with Gasteiger partial charge in [-0.05, 0) is 46.8 Å². The van der Waals surface area contributed by atoms with Gasteiger partial charge in [0.25, 0.3) is 0 Å². The van der Waals surface area contributed by atoms with Crippen molar-refractivity contribution < 1.29 is 0 Å². The molecule has 12 aromatic rings. The summed E-state index contributed by atoms with van der Waals surface area (Å²) >= 11 is 0. The van der Waals surface area contributed by atoms with E-state index in [0.717, 1.165) is 94.0 Å². The summed E-state index contributed by atoms with van der Waals surface area (Å²) in [7, 11) is 0. The van der Waals surface area contributed by atoms with Crippen LogP contribution in [0.5, 0.6) is 0 Å². The normalized spacial score (nSPS) is 11.5. The fourth-order valence-corrected chi connectivity index (χ4v) is 8.85. The molecule has 8 aromatic carbocycles. The maximum atomic E-state index is 5.31. The molecule has 0 saturated heterocycles. The highest BCUT2D eigenvalue weighted by molar-refractivity contribution is 6.22. The molecule has 0 saturated carbocycles. The second-order valence-electron chi connectivity index (χ2n) is 15.7. The molecule has 0 bridgehead atoms. The van der Waals surface area contributed by atoms with Gasteiger partial charge in [0.15, 0.2) is 23.3 Å². The summed E-state index contributed by atoms with van der Waals surface area (Å²) in [5.74, 6) is 2.52. The molecule has 4 heterocycles. The van der Waals surface area contributed by atoms with Crippen LogP contribution >= 0.6 is 0 Å². The molecular formula is C57H36N6. The van der Waals surface area contributed by atoms with E-state index in [-0.39, 0.29) is 0 Å². The smallest absolute Gasteiger partial charge is 0.166 e. The van der Waals surface area contributed by atoms with Gasteiger partial charge < -0.3 is 4.40 Å². The van der Waals surface area contributed by atoms with Crippen molar-refractivity contribution in [3.63, 3.8) is 0 Å². The lowest BCUT2D eigenvalue weighted by Crippen LogP contribution is -2.00. The topological polar surface area (TPSA) is 68.9 Å². The van der Waals surface area contributed by atoms with Crippen molar-refractivity contribution in [2.45, 2.75) is 0 Å². The third-order valence-electron chi connectivity index (χ3n) is 11.8. The summed E-state index contributed by atoms with van der Waals surface area (Å²) in [5, 5.41) is 4.33. The summed E-state index contributed by atoms with van der Waals surface area (Å²) < 4.78 is 2.41. The zero-order chi connectivity index (χ0) is 41.7. The van der Waals surface area contributed by atoms with Crippen LogP contribution in [-0.4, -0.2) is 29.3 Å². The van der Waals surface area contributed by atoms with Gasteiger partial charge in [-0.25, -0.2) is 24.9 Å². The van der Waals surface area contributed by atoms with Gasteiger partial charge in [0.2, 0.25) is 0 Å². The predicted octanol–water partition coefficient (Wildman–Crippen LogP) is 14.0. The van der Waals surface area contributed by atoms with Crippen LogP contribution in [-0.2, 0) is 0 Å². The Morgan fingerprint density at radius 2 is 0.714 bits per heavy atom. The number of rotatable bonds is 7. The molecular weight excluding hydrogens is 769 g/mol. The van der Waals surface area contributed by atoms with Crippen molar-refractivity contribution in [3.05, 3.63) is 218 Å². The van der Waals surface area contributed by atoms with Crippen molar-refractivity contribution in [3.8, 4) is 79.2 Å². The molecule has 12 rings (SSSR count). The lowest BCUT2D eigenvalue weighted by atomic mass is 10.00. The Hall–Kier alpha value is -8.61. The molecule has 0 atom stereocenters. The number of benzene rings is 8. The molecule has 0 aliphatic rings. The van der Waals surface area contributed by atoms with E-state index in [4.69, 9.17) is 24.9 Å². The zero-order valence-corrected chi connectivity index (χ0v) is 34.0. The molecule has 0 fully saturated rings. The molecule has 0 N–H and O–H groups in total. The van der Waals surface area contributed by atoms with Gasteiger partial charge in [-0.3, -0.25) is 0 Å². The summed E-state index contributed by atoms with van der Waals surface area (Å²) in [4.78, 5) is 26.1. The number of hydrogen-bond donors (Lipinski definition) is 0. The summed E-state index contributed by atoms with van der Waals surface area (Å²) in [6.45, 7) is 0. The highest BCUT2D eigenvalue weighted by atomic mass is 15.0. The minimum Gasteiger partial charge on any atom is -0.308 e. The van der Waals surface area contributed by atoms with E-state index in [1.54, 1.807) is 0 Å².